The Morgan fingerprint density at radius 2 is 1.84 bits per heavy atom. The summed E-state index contributed by atoms with van der Waals surface area (Å²) in [5, 5.41) is 2.15. The molecule has 2 aliphatic heterocycles. The number of carbonyl (C=O) groups excluding carboxylic acids is 2. The fraction of sp³-hybridized carbons (Fsp3) is 0.400. The Labute approximate surface area is 190 Å². The number of imide groups is 1. The highest BCUT2D eigenvalue weighted by molar-refractivity contribution is 7.91. The fourth-order valence-electron chi connectivity index (χ4n) is 3.74. The molecule has 4 rings (SSSR count). The number of ether oxygens (including phenoxy) is 1. The highest BCUT2D eigenvalue weighted by atomic mass is 35.5. The summed E-state index contributed by atoms with van der Waals surface area (Å²) in [7, 11) is -3.94. The van der Waals surface area contributed by atoms with Crippen LogP contribution in [0.1, 0.15) is 6.42 Å². The average Bonchev–Trinajstić information content (AvgIpc) is 3.39. The third-order valence-corrected chi connectivity index (χ3v) is 8.89. The average molecular weight is 484 g/mol. The lowest BCUT2D eigenvalue weighted by atomic mass is 10.2. The lowest BCUT2D eigenvalue weighted by Crippen LogP contribution is -2.49. The monoisotopic (exact) mass is 483 g/mol. The van der Waals surface area contributed by atoms with E-state index < -0.39 is 27.9 Å². The van der Waals surface area contributed by atoms with Crippen molar-refractivity contribution in [2.45, 2.75) is 16.7 Å². The summed E-state index contributed by atoms with van der Waals surface area (Å²) >= 11 is 7.01. The Hall–Kier alpha value is -1.82. The minimum Gasteiger partial charge on any atom is -0.379 e. The van der Waals surface area contributed by atoms with Gasteiger partial charge < -0.3 is 4.74 Å². The summed E-state index contributed by atoms with van der Waals surface area (Å²) in [6.07, 6.45) is -0.199. The summed E-state index contributed by atoms with van der Waals surface area (Å²) in [6.45, 7) is 3.12. The minimum atomic E-state index is -3.94. The van der Waals surface area contributed by atoms with Gasteiger partial charge in [0.2, 0.25) is 5.91 Å². The largest absolute Gasteiger partial charge is 0.379 e. The van der Waals surface area contributed by atoms with Crippen molar-refractivity contribution in [1.82, 2.24) is 9.21 Å². The predicted molar refractivity (Wildman–Crippen MR) is 118 cm³/mol. The number of halogens is 1. The smallest absolute Gasteiger partial charge is 0.253 e. The van der Waals surface area contributed by atoms with Gasteiger partial charge in [-0.25, -0.2) is 13.3 Å². The molecule has 166 valence electrons. The number of hydrogen-bond acceptors (Lipinski definition) is 7. The number of amides is 2. The maximum Gasteiger partial charge on any atom is 0.253 e. The van der Waals surface area contributed by atoms with E-state index in [4.69, 9.17) is 16.3 Å². The van der Waals surface area contributed by atoms with Crippen LogP contribution in [-0.4, -0.2) is 74.9 Å². The second-order valence-electron chi connectivity index (χ2n) is 7.27. The quantitative estimate of drug-likeness (QED) is 0.560. The molecule has 1 atom stereocenters. The molecule has 1 aromatic carbocycles. The fourth-order valence-corrected chi connectivity index (χ4v) is 6.55. The summed E-state index contributed by atoms with van der Waals surface area (Å²) in [5.74, 6) is -0.982. The van der Waals surface area contributed by atoms with E-state index in [-0.39, 0.29) is 17.2 Å². The Morgan fingerprint density at radius 1 is 1.13 bits per heavy atom. The van der Waals surface area contributed by atoms with Crippen LogP contribution in [-0.2, 0) is 24.3 Å². The SMILES string of the molecule is O=C1CC(N(CCN2CCOCC2)S(=O)(=O)c2cccs2)C(=O)N1c1ccc(Cl)cc1. The van der Waals surface area contributed by atoms with Crippen molar-refractivity contribution in [3.8, 4) is 0 Å². The number of thiophene rings is 1. The van der Waals surface area contributed by atoms with E-state index in [0.717, 1.165) is 16.2 Å². The highest BCUT2D eigenvalue weighted by Crippen LogP contribution is 2.31. The van der Waals surface area contributed by atoms with Crippen LogP contribution in [0.5, 0.6) is 0 Å². The van der Waals surface area contributed by atoms with Crippen LogP contribution in [0, 0.1) is 0 Å². The number of benzene rings is 1. The lowest BCUT2D eigenvalue weighted by molar-refractivity contribution is -0.122. The Bertz CT molecular complexity index is 1040. The molecule has 1 aromatic heterocycles. The number of carbonyl (C=O) groups is 2. The van der Waals surface area contributed by atoms with Crippen LogP contribution in [0.3, 0.4) is 0 Å². The molecule has 31 heavy (non-hydrogen) atoms. The van der Waals surface area contributed by atoms with E-state index in [2.05, 4.69) is 4.90 Å². The van der Waals surface area contributed by atoms with E-state index in [1.807, 2.05) is 0 Å². The number of sulfonamides is 1. The first kappa shape index (κ1) is 22.4. The topological polar surface area (TPSA) is 87.2 Å². The van der Waals surface area contributed by atoms with Gasteiger partial charge in [-0.15, -0.1) is 11.3 Å². The van der Waals surface area contributed by atoms with Gasteiger partial charge in [0.05, 0.1) is 25.3 Å². The molecule has 2 aromatic rings. The summed E-state index contributed by atoms with van der Waals surface area (Å²) in [6, 6.07) is 8.40. The zero-order valence-corrected chi connectivity index (χ0v) is 19.0. The van der Waals surface area contributed by atoms with Crippen LogP contribution in [0.15, 0.2) is 46.0 Å². The maximum absolute atomic E-state index is 13.4. The molecule has 11 heteroatoms. The van der Waals surface area contributed by atoms with Crippen LogP contribution in [0.4, 0.5) is 5.69 Å². The third kappa shape index (κ3) is 4.69. The summed E-state index contributed by atoms with van der Waals surface area (Å²) in [4.78, 5) is 29.1. The van der Waals surface area contributed by atoms with Gasteiger partial charge in [-0.3, -0.25) is 14.5 Å². The van der Waals surface area contributed by atoms with E-state index >= 15 is 0 Å². The van der Waals surface area contributed by atoms with Crippen molar-refractivity contribution in [1.29, 1.82) is 0 Å². The molecule has 8 nitrogen and oxygen atoms in total. The molecule has 2 amide bonds. The van der Waals surface area contributed by atoms with Crippen molar-refractivity contribution in [2.75, 3.05) is 44.3 Å². The van der Waals surface area contributed by atoms with Crippen LogP contribution < -0.4 is 4.90 Å². The lowest BCUT2D eigenvalue weighted by Gasteiger charge is -2.31. The predicted octanol–water partition coefficient (Wildman–Crippen LogP) is 2.06. The molecule has 2 fully saturated rings. The number of nitrogens with zero attached hydrogens (tertiary/aromatic N) is 3. The molecule has 0 N–H and O–H groups in total. The molecule has 2 saturated heterocycles. The molecule has 0 spiro atoms. The van der Waals surface area contributed by atoms with Crippen LogP contribution in [0.25, 0.3) is 0 Å². The van der Waals surface area contributed by atoms with Gasteiger partial charge in [0.1, 0.15) is 10.3 Å². The van der Waals surface area contributed by atoms with Crippen LogP contribution in [0.2, 0.25) is 5.02 Å². The van der Waals surface area contributed by atoms with Crippen molar-refractivity contribution in [3.05, 3.63) is 46.8 Å². The van der Waals surface area contributed by atoms with E-state index in [0.29, 0.717) is 43.6 Å². The molecule has 2 aliphatic rings. The van der Waals surface area contributed by atoms with E-state index in [9.17, 15) is 18.0 Å². The summed E-state index contributed by atoms with van der Waals surface area (Å²) in [5.41, 5.74) is 0.378. The second kappa shape index (κ2) is 9.35. The van der Waals surface area contributed by atoms with Crippen molar-refractivity contribution >= 4 is 50.5 Å². The standard InChI is InChI=1S/C20H22ClN3O5S2/c21-15-3-5-16(6-4-15)24-18(25)14-17(20(24)26)23(8-7-22-9-11-29-12-10-22)31(27,28)19-2-1-13-30-19/h1-6,13,17H,7-12,14H2. The zero-order chi connectivity index (χ0) is 22.0. The number of anilines is 1. The Kier molecular flexibility index (Phi) is 6.75. The molecule has 3 heterocycles. The van der Waals surface area contributed by atoms with Crippen molar-refractivity contribution < 1.29 is 22.7 Å². The number of hydrogen-bond donors (Lipinski definition) is 0. The summed E-state index contributed by atoms with van der Waals surface area (Å²) < 4.78 is 33.5. The molecular weight excluding hydrogens is 462 g/mol. The number of rotatable bonds is 7. The Morgan fingerprint density at radius 3 is 2.48 bits per heavy atom. The van der Waals surface area contributed by atoms with Gasteiger partial charge in [-0.2, -0.15) is 4.31 Å². The van der Waals surface area contributed by atoms with Gasteiger partial charge in [0.25, 0.3) is 15.9 Å². The molecule has 0 saturated carbocycles. The van der Waals surface area contributed by atoms with Gasteiger partial charge in [0, 0.05) is 31.2 Å². The maximum atomic E-state index is 13.4. The highest BCUT2D eigenvalue weighted by Gasteiger charge is 2.47. The van der Waals surface area contributed by atoms with Gasteiger partial charge in [0.15, 0.2) is 0 Å². The van der Waals surface area contributed by atoms with Crippen molar-refractivity contribution in [3.63, 3.8) is 0 Å². The second-order valence-corrected chi connectivity index (χ2v) is 10.8. The molecule has 0 radical (unpaired) electrons. The van der Waals surface area contributed by atoms with Crippen LogP contribution >= 0.6 is 22.9 Å². The molecule has 0 bridgehead atoms. The normalized spacial score (nSPS) is 20.7. The first-order chi connectivity index (χ1) is 14.9. The van der Waals surface area contributed by atoms with Crippen molar-refractivity contribution in [2.24, 2.45) is 0 Å². The van der Waals surface area contributed by atoms with Gasteiger partial charge in [-0.05, 0) is 35.7 Å². The molecule has 0 aliphatic carbocycles. The minimum absolute atomic E-state index is 0.110. The third-order valence-electron chi connectivity index (χ3n) is 5.35. The van der Waals surface area contributed by atoms with Gasteiger partial charge >= 0.3 is 0 Å². The molecular formula is C20H22ClN3O5S2. The van der Waals surface area contributed by atoms with E-state index in [1.165, 1.54) is 10.4 Å². The van der Waals surface area contributed by atoms with Gasteiger partial charge in [-0.1, -0.05) is 17.7 Å². The first-order valence-electron chi connectivity index (χ1n) is 9.86. The zero-order valence-electron chi connectivity index (χ0n) is 16.6. The first-order valence-corrected chi connectivity index (χ1v) is 12.6. The Balaban J connectivity index is 1.62. The molecule has 1 unspecified atom stereocenters. The number of morpholine rings is 1. The van der Waals surface area contributed by atoms with E-state index in [1.54, 1.807) is 35.7 Å².